The van der Waals surface area contributed by atoms with Crippen LogP contribution in [0.2, 0.25) is 0 Å². The van der Waals surface area contributed by atoms with Gasteiger partial charge >= 0.3 is 0 Å². The average molecular weight is 331 g/mol. The van der Waals surface area contributed by atoms with Crippen LogP contribution >= 0.6 is 11.8 Å². The number of carbonyl (C=O) groups excluding carboxylic acids is 1. The molecule has 1 aromatic carbocycles. The van der Waals surface area contributed by atoms with E-state index in [9.17, 15) is 9.59 Å². The highest BCUT2D eigenvalue weighted by molar-refractivity contribution is 7.98. The van der Waals surface area contributed by atoms with Gasteiger partial charge in [-0.15, -0.1) is 11.8 Å². The highest BCUT2D eigenvalue weighted by Gasteiger charge is 2.08. The highest BCUT2D eigenvalue weighted by atomic mass is 32.2. The summed E-state index contributed by atoms with van der Waals surface area (Å²) in [4.78, 5) is 24.9. The van der Waals surface area contributed by atoms with Crippen LogP contribution < -0.4 is 10.9 Å². The Morgan fingerprint density at radius 1 is 1.22 bits per heavy atom. The summed E-state index contributed by atoms with van der Waals surface area (Å²) in [6, 6.07) is 11.1. The van der Waals surface area contributed by atoms with Crippen molar-refractivity contribution < 1.29 is 4.79 Å². The van der Waals surface area contributed by atoms with Gasteiger partial charge in [-0.05, 0) is 30.4 Å². The van der Waals surface area contributed by atoms with E-state index in [0.29, 0.717) is 18.2 Å². The number of hydrogen-bond donors (Lipinski definition) is 1. The molecule has 23 heavy (non-hydrogen) atoms. The number of benzene rings is 1. The van der Waals surface area contributed by atoms with Crippen molar-refractivity contribution in [2.45, 2.75) is 25.3 Å². The molecule has 122 valence electrons. The number of aromatic nitrogens is 2. The second-order valence-electron chi connectivity index (χ2n) is 5.64. The minimum Gasteiger partial charge on any atom is -0.354 e. The van der Waals surface area contributed by atoms with Gasteiger partial charge in [0.1, 0.15) is 6.54 Å². The van der Waals surface area contributed by atoms with E-state index in [0.717, 1.165) is 10.5 Å². The smallest absolute Gasteiger partial charge is 0.267 e. The highest BCUT2D eigenvalue weighted by Crippen LogP contribution is 2.20. The molecule has 0 aliphatic carbocycles. The molecule has 6 heteroatoms. The summed E-state index contributed by atoms with van der Waals surface area (Å²) in [6.45, 7) is 4.55. The van der Waals surface area contributed by atoms with Gasteiger partial charge < -0.3 is 5.32 Å². The van der Waals surface area contributed by atoms with Gasteiger partial charge in [-0.2, -0.15) is 5.10 Å². The summed E-state index contributed by atoms with van der Waals surface area (Å²) in [7, 11) is 0. The van der Waals surface area contributed by atoms with Gasteiger partial charge in [-0.1, -0.05) is 26.0 Å². The van der Waals surface area contributed by atoms with Crippen LogP contribution in [-0.4, -0.2) is 28.5 Å². The molecule has 0 aliphatic rings. The maximum Gasteiger partial charge on any atom is 0.267 e. The molecule has 0 aliphatic heterocycles. The van der Waals surface area contributed by atoms with Crippen LogP contribution in [0.3, 0.4) is 0 Å². The second kappa shape index (κ2) is 7.97. The molecule has 2 rings (SSSR count). The second-order valence-corrected chi connectivity index (χ2v) is 6.52. The lowest BCUT2D eigenvalue weighted by Gasteiger charge is -2.09. The molecule has 0 spiro atoms. The molecule has 0 saturated carbocycles. The van der Waals surface area contributed by atoms with E-state index in [1.54, 1.807) is 17.8 Å². The van der Waals surface area contributed by atoms with Gasteiger partial charge in [-0.3, -0.25) is 9.59 Å². The lowest BCUT2D eigenvalue weighted by molar-refractivity contribution is -0.122. The number of rotatable bonds is 6. The Hall–Kier alpha value is -2.08. The normalized spacial score (nSPS) is 10.8. The molecule has 5 nitrogen and oxygen atoms in total. The Bertz CT molecular complexity index is 723. The van der Waals surface area contributed by atoms with Crippen LogP contribution in [0.15, 0.2) is 46.1 Å². The fourth-order valence-electron chi connectivity index (χ4n) is 1.99. The Balaban J connectivity index is 2.18. The predicted molar refractivity (Wildman–Crippen MR) is 93.6 cm³/mol. The molecule has 2 aromatic rings. The van der Waals surface area contributed by atoms with Crippen molar-refractivity contribution >= 4 is 17.7 Å². The molecule has 1 aromatic heterocycles. The number of nitrogens with one attached hydrogen (secondary N) is 1. The van der Waals surface area contributed by atoms with Crippen molar-refractivity contribution in [2.24, 2.45) is 5.92 Å². The molecular weight excluding hydrogens is 310 g/mol. The Kier molecular flexibility index (Phi) is 5.98. The first-order valence-corrected chi connectivity index (χ1v) is 8.71. The fourth-order valence-corrected chi connectivity index (χ4v) is 2.40. The molecule has 0 atom stereocenters. The van der Waals surface area contributed by atoms with Gasteiger partial charge in [0.15, 0.2) is 0 Å². The third kappa shape index (κ3) is 4.96. The molecule has 0 unspecified atom stereocenters. The number of hydrogen-bond acceptors (Lipinski definition) is 4. The van der Waals surface area contributed by atoms with Gasteiger partial charge in [-0.25, -0.2) is 4.68 Å². The van der Waals surface area contributed by atoms with Gasteiger partial charge in [0, 0.05) is 23.1 Å². The van der Waals surface area contributed by atoms with Crippen LogP contribution in [-0.2, 0) is 11.3 Å². The predicted octanol–water partition coefficient (Wildman–Crippen LogP) is 2.40. The summed E-state index contributed by atoms with van der Waals surface area (Å²) < 4.78 is 1.20. The quantitative estimate of drug-likeness (QED) is 0.826. The van der Waals surface area contributed by atoms with Crippen LogP contribution in [0.25, 0.3) is 11.3 Å². The first-order valence-electron chi connectivity index (χ1n) is 7.49. The third-order valence-corrected chi connectivity index (χ3v) is 4.00. The summed E-state index contributed by atoms with van der Waals surface area (Å²) in [6.07, 6.45) is 2.02. The van der Waals surface area contributed by atoms with E-state index in [-0.39, 0.29) is 18.0 Å². The van der Waals surface area contributed by atoms with Crippen LogP contribution in [0.5, 0.6) is 0 Å². The van der Waals surface area contributed by atoms with E-state index < -0.39 is 0 Å². The molecular formula is C17H21N3O2S. The van der Waals surface area contributed by atoms with Crippen molar-refractivity contribution in [3.05, 3.63) is 46.8 Å². The Morgan fingerprint density at radius 3 is 2.52 bits per heavy atom. The zero-order valence-corrected chi connectivity index (χ0v) is 14.4. The first kappa shape index (κ1) is 17.3. The number of thioether (sulfide) groups is 1. The summed E-state index contributed by atoms with van der Waals surface area (Å²) >= 11 is 1.67. The summed E-state index contributed by atoms with van der Waals surface area (Å²) in [5.41, 5.74) is 1.31. The van der Waals surface area contributed by atoms with Crippen LogP contribution in [0, 0.1) is 5.92 Å². The van der Waals surface area contributed by atoms with Gasteiger partial charge in [0.2, 0.25) is 5.91 Å². The maximum absolute atomic E-state index is 11.9. The number of carbonyl (C=O) groups is 1. The summed E-state index contributed by atoms with van der Waals surface area (Å²) in [5, 5.41) is 7.09. The van der Waals surface area contributed by atoms with Crippen molar-refractivity contribution in [1.29, 1.82) is 0 Å². The van der Waals surface area contributed by atoms with E-state index in [1.165, 1.54) is 10.7 Å². The molecule has 0 fully saturated rings. The Morgan fingerprint density at radius 2 is 1.91 bits per heavy atom. The zero-order chi connectivity index (χ0) is 16.8. The topological polar surface area (TPSA) is 64.0 Å². The molecule has 0 radical (unpaired) electrons. The largest absolute Gasteiger partial charge is 0.354 e. The maximum atomic E-state index is 11.9. The molecule has 0 saturated heterocycles. The van der Waals surface area contributed by atoms with E-state index in [4.69, 9.17) is 0 Å². The van der Waals surface area contributed by atoms with Crippen molar-refractivity contribution in [3.8, 4) is 11.3 Å². The van der Waals surface area contributed by atoms with Crippen LogP contribution in [0.4, 0.5) is 0 Å². The summed E-state index contributed by atoms with van der Waals surface area (Å²) in [5.74, 6) is 0.160. The van der Waals surface area contributed by atoms with Crippen molar-refractivity contribution in [2.75, 3.05) is 12.8 Å². The van der Waals surface area contributed by atoms with Crippen molar-refractivity contribution in [3.63, 3.8) is 0 Å². The lowest BCUT2D eigenvalue weighted by atomic mass is 10.1. The van der Waals surface area contributed by atoms with Gasteiger partial charge in [0.25, 0.3) is 5.56 Å². The molecule has 1 amide bonds. The van der Waals surface area contributed by atoms with E-state index >= 15 is 0 Å². The Labute approximate surface area is 140 Å². The van der Waals surface area contributed by atoms with E-state index in [2.05, 4.69) is 10.4 Å². The molecule has 1 heterocycles. The van der Waals surface area contributed by atoms with Crippen molar-refractivity contribution in [1.82, 2.24) is 15.1 Å². The minimum atomic E-state index is -0.283. The first-order chi connectivity index (χ1) is 11.0. The van der Waals surface area contributed by atoms with Crippen LogP contribution in [0.1, 0.15) is 13.8 Å². The molecule has 0 bridgehead atoms. The minimum absolute atomic E-state index is 0.0672. The monoisotopic (exact) mass is 331 g/mol. The zero-order valence-electron chi connectivity index (χ0n) is 13.6. The SMILES string of the molecule is CSc1ccc(-c2ccc(=O)n(CC(=O)NCC(C)C)n2)cc1. The average Bonchev–Trinajstić information content (AvgIpc) is 2.55. The van der Waals surface area contributed by atoms with Gasteiger partial charge in [0.05, 0.1) is 5.69 Å². The molecule has 1 N–H and O–H groups in total. The van der Waals surface area contributed by atoms with E-state index in [1.807, 2.05) is 44.4 Å². The fraction of sp³-hybridized carbons (Fsp3) is 0.353. The number of nitrogens with zero attached hydrogens (tertiary/aromatic N) is 2. The third-order valence-electron chi connectivity index (χ3n) is 3.25. The standard InChI is InChI=1S/C17H21N3O2S/c1-12(2)10-18-16(21)11-20-17(22)9-8-15(19-20)13-4-6-14(23-3)7-5-13/h4-9,12H,10-11H2,1-3H3,(H,18,21). The number of amides is 1. The lowest BCUT2D eigenvalue weighted by Crippen LogP contribution is -2.35.